The van der Waals surface area contributed by atoms with Gasteiger partial charge in [0.25, 0.3) is 0 Å². The molecule has 0 aliphatic carbocycles. The molecule has 0 saturated carbocycles. The van der Waals surface area contributed by atoms with Crippen LogP contribution in [0.4, 0.5) is 5.69 Å². The van der Waals surface area contributed by atoms with E-state index in [-0.39, 0.29) is 0 Å². The Morgan fingerprint density at radius 3 is 2.46 bits per heavy atom. The summed E-state index contributed by atoms with van der Waals surface area (Å²) in [7, 11) is 0. The van der Waals surface area contributed by atoms with Crippen molar-refractivity contribution >= 4 is 32.4 Å². The summed E-state index contributed by atoms with van der Waals surface area (Å²) in [5, 5.41) is 11.0. The lowest BCUT2D eigenvalue weighted by molar-refractivity contribution is 0.390. The molecule has 0 heterocycles. The molecule has 0 saturated heterocycles. The number of fused-ring (bicyclic) bond motifs is 1. The standard InChI is InChI=1S/C10H8BrNO/c11-8-5-1-3-7-4-2-6-9(12-13)10(7)8/h1-6,12-13H. The quantitative estimate of drug-likeness (QED) is 0.746. The Bertz CT molecular complexity index is 437. The summed E-state index contributed by atoms with van der Waals surface area (Å²) in [6, 6.07) is 11.6. The molecule has 0 bridgehead atoms. The Balaban J connectivity index is 2.87. The normalized spacial score (nSPS) is 10.3. The van der Waals surface area contributed by atoms with Crippen LogP contribution in [0.25, 0.3) is 10.8 Å². The van der Waals surface area contributed by atoms with Crippen LogP contribution < -0.4 is 5.48 Å². The van der Waals surface area contributed by atoms with Crippen LogP contribution in [0.1, 0.15) is 0 Å². The number of nitrogens with one attached hydrogen (secondary N) is 1. The summed E-state index contributed by atoms with van der Waals surface area (Å²) in [6.07, 6.45) is 0. The number of hydrogen-bond acceptors (Lipinski definition) is 2. The van der Waals surface area contributed by atoms with Gasteiger partial charge in [-0.05, 0) is 17.5 Å². The molecule has 0 aliphatic rings. The van der Waals surface area contributed by atoms with Crippen LogP contribution in [0.15, 0.2) is 40.9 Å². The zero-order valence-electron chi connectivity index (χ0n) is 6.79. The lowest BCUT2D eigenvalue weighted by Crippen LogP contribution is -1.90. The van der Waals surface area contributed by atoms with Gasteiger partial charge in [0.1, 0.15) is 0 Å². The Hall–Kier alpha value is -1.06. The number of halogens is 1. The van der Waals surface area contributed by atoms with E-state index in [4.69, 9.17) is 5.21 Å². The molecule has 0 amide bonds. The Labute approximate surface area is 84.3 Å². The predicted octanol–water partition coefficient (Wildman–Crippen LogP) is 3.40. The van der Waals surface area contributed by atoms with Crippen LogP contribution in [0, 0.1) is 0 Å². The fourth-order valence-corrected chi connectivity index (χ4v) is 1.98. The molecule has 0 atom stereocenters. The topological polar surface area (TPSA) is 32.3 Å². The molecule has 0 radical (unpaired) electrons. The van der Waals surface area contributed by atoms with Gasteiger partial charge in [0, 0.05) is 9.86 Å². The second-order valence-electron chi connectivity index (χ2n) is 2.76. The average molecular weight is 238 g/mol. The van der Waals surface area contributed by atoms with Gasteiger partial charge in [-0.25, -0.2) is 0 Å². The van der Waals surface area contributed by atoms with Gasteiger partial charge in [-0.3, -0.25) is 10.7 Å². The molecule has 2 aromatic carbocycles. The molecular formula is C10H8BrNO. The van der Waals surface area contributed by atoms with Gasteiger partial charge in [0.15, 0.2) is 0 Å². The van der Waals surface area contributed by atoms with Gasteiger partial charge in [-0.1, -0.05) is 40.2 Å². The van der Waals surface area contributed by atoms with Gasteiger partial charge in [-0.2, -0.15) is 0 Å². The summed E-state index contributed by atoms with van der Waals surface area (Å²) in [6.45, 7) is 0. The highest BCUT2D eigenvalue weighted by Crippen LogP contribution is 2.29. The number of rotatable bonds is 1. The number of anilines is 1. The van der Waals surface area contributed by atoms with E-state index >= 15 is 0 Å². The second kappa shape index (κ2) is 3.36. The molecule has 2 aromatic rings. The Morgan fingerprint density at radius 2 is 1.77 bits per heavy atom. The van der Waals surface area contributed by atoms with E-state index < -0.39 is 0 Å². The predicted molar refractivity (Wildman–Crippen MR) is 57.1 cm³/mol. The summed E-state index contributed by atoms with van der Waals surface area (Å²) in [4.78, 5) is 0. The van der Waals surface area contributed by atoms with Crippen molar-refractivity contribution in [3.8, 4) is 0 Å². The molecule has 0 spiro atoms. The van der Waals surface area contributed by atoms with E-state index in [1.54, 1.807) is 0 Å². The third kappa shape index (κ3) is 1.41. The number of hydrogen-bond donors (Lipinski definition) is 2. The maximum absolute atomic E-state index is 8.89. The zero-order valence-corrected chi connectivity index (χ0v) is 8.38. The molecule has 0 fully saturated rings. The molecule has 2 rings (SSSR count). The first-order chi connectivity index (χ1) is 6.33. The highest BCUT2D eigenvalue weighted by molar-refractivity contribution is 9.10. The fraction of sp³-hybridized carbons (Fsp3) is 0. The van der Waals surface area contributed by atoms with Crippen LogP contribution in [0.2, 0.25) is 0 Å². The molecule has 0 unspecified atom stereocenters. The fourth-order valence-electron chi connectivity index (χ4n) is 1.39. The second-order valence-corrected chi connectivity index (χ2v) is 3.61. The van der Waals surface area contributed by atoms with Crippen molar-refractivity contribution in [3.05, 3.63) is 40.9 Å². The van der Waals surface area contributed by atoms with Crippen molar-refractivity contribution < 1.29 is 5.21 Å². The molecular weight excluding hydrogens is 230 g/mol. The Morgan fingerprint density at radius 1 is 1.08 bits per heavy atom. The van der Waals surface area contributed by atoms with E-state index in [1.807, 2.05) is 36.4 Å². The Kier molecular flexibility index (Phi) is 2.20. The van der Waals surface area contributed by atoms with Crippen molar-refractivity contribution in [2.24, 2.45) is 0 Å². The van der Waals surface area contributed by atoms with Gasteiger partial charge in [-0.15, -0.1) is 0 Å². The van der Waals surface area contributed by atoms with Crippen LogP contribution in [0.3, 0.4) is 0 Å². The zero-order chi connectivity index (χ0) is 9.26. The van der Waals surface area contributed by atoms with Gasteiger partial charge in [0.2, 0.25) is 0 Å². The highest BCUT2D eigenvalue weighted by Gasteiger charge is 2.02. The summed E-state index contributed by atoms with van der Waals surface area (Å²) in [5.74, 6) is 0. The van der Waals surface area contributed by atoms with E-state index in [0.717, 1.165) is 15.2 Å². The van der Waals surface area contributed by atoms with Gasteiger partial charge in [0.05, 0.1) is 5.69 Å². The molecule has 13 heavy (non-hydrogen) atoms. The van der Waals surface area contributed by atoms with Crippen molar-refractivity contribution in [1.82, 2.24) is 0 Å². The molecule has 66 valence electrons. The first-order valence-corrected chi connectivity index (χ1v) is 4.69. The van der Waals surface area contributed by atoms with Crippen molar-refractivity contribution in [2.45, 2.75) is 0 Å². The maximum Gasteiger partial charge on any atom is 0.0691 e. The molecule has 2 nitrogen and oxygen atoms in total. The monoisotopic (exact) mass is 237 g/mol. The van der Waals surface area contributed by atoms with E-state index in [1.165, 1.54) is 0 Å². The smallest absolute Gasteiger partial charge is 0.0691 e. The van der Waals surface area contributed by atoms with E-state index in [2.05, 4.69) is 21.4 Å². The highest BCUT2D eigenvalue weighted by atomic mass is 79.9. The maximum atomic E-state index is 8.89. The molecule has 3 heteroatoms. The van der Waals surface area contributed by atoms with Crippen molar-refractivity contribution in [1.29, 1.82) is 0 Å². The lowest BCUT2D eigenvalue weighted by Gasteiger charge is -2.05. The van der Waals surface area contributed by atoms with Crippen LogP contribution in [-0.2, 0) is 0 Å². The minimum Gasteiger partial charge on any atom is -0.291 e. The molecule has 0 aromatic heterocycles. The summed E-state index contributed by atoms with van der Waals surface area (Å²) >= 11 is 3.44. The van der Waals surface area contributed by atoms with Crippen LogP contribution in [0.5, 0.6) is 0 Å². The average Bonchev–Trinajstić information content (AvgIpc) is 2.17. The lowest BCUT2D eigenvalue weighted by atomic mass is 10.1. The van der Waals surface area contributed by atoms with Gasteiger partial charge >= 0.3 is 0 Å². The first kappa shape index (κ1) is 8.53. The van der Waals surface area contributed by atoms with Crippen LogP contribution >= 0.6 is 15.9 Å². The SMILES string of the molecule is ONc1cccc2cccc(Br)c12. The largest absolute Gasteiger partial charge is 0.291 e. The molecule has 0 aliphatic heterocycles. The third-order valence-corrected chi connectivity index (χ3v) is 2.64. The van der Waals surface area contributed by atoms with Crippen molar-refractivity contribution in [3.63, 3.8) is 0 Å². The minimum absolute atomic E-state index is 0.713. The van der Waals surface area contributed by atoms with Crippen LogP contribution in [-0.4, -0.2) is 5.21 Å². The first-order valence-electron chi connectivity index (χ1n) is 3.90. The minimum atomic E-state index is 0.713. The molecule has 2 N–H and O–H groups in total. The van der Waals surface area contributed by atoms with E-state index in [9.17, 15) is 0 Å². The third-order valence-electron chi connectivity index (χ3n) is 1.97. The summed E-state index contributed by atoms with van der Waals surface area (Å²) < 4.78 is 0.974. The van der Waals surface area contributed by atoms with E-state index in [0.29, 0.717) is 5.69 Å². The summed E-state index contributed by atoms with van der Waals surface area (Å²) in [5.41, 5.74) is 2.89. The number of benzene rings is 2. The van der Waals surface area contributed by atoms with Gasteiger partial charge < -0.3 is 0 Å². The van der Waals surface area contributed by atoms with Crippen molar-refractivity contribution in [2.75, 3.05) is 5.48 Å².